The molecule has 0 aliphatic heterocycles. The monoisotopic (exact) mass is 266 g/mol. The van der Waals surface area contributed by atoms with E-state index in [0.717, 1.165) is 0 Å². The summed E-state index contributed by atoms with van der Waals surface area (Å²) in [5.41, 5.74) is 0.463. The van der Waals surface area contributed by atoms with E-state index in [0.29, 0.717) is 5.56 Å². The third-order valence-corrected chi connectivity index (χ3v) is 3.01. The molecule has 19 heavy (non-hydrogen) atoms. The highest BCUT2D eigenvalue weighted by Crippen LogP contribution is 2.14. The van der Waals surface area contributed by atoms with E-state index in [1.165, 1.54) is 11.0 Å². The van der Waals surface area contributed by atoms with Crippen molar-refractivity contribution in [3.05, 3.63) is 35.1 Å². The van der Waals surface area contributed by atoms with E-state index >= 15 is 0 Å². The summed E-state index contributed by atoms with van der Waals surface area (Å²) in [7, 11) is 3.10. The van der Waals surface area contributed by atoms with Crippen molar-refractivity contribution in [2.24, 2.45) is 5.92 Å². The van der Waals surface area contributed by atoms with E-state index in [4.69, 9.17) is 0 Å². The van der Waals surface area contributed by atoms with E-state index in [2.05, 4.69) is 5.32 Å². The average molecular weight is 266 g/mol. The van der Waals surface area contributed by atoms with Gasteiger partial charge in [0.1, 0.15) is 5.82 Å². The minimum absolute atomic E-state index is 0.0339. The van der Waals surface area contributed by atoms with Crippen LogP contribution in [0.25, 0.3) is 0 Å². The maximum Gasteiger partial charge on any atom is 0.256 e. The summed E-state index contributed by atoms with van der Waals surface area (Å²) in [6, 6.07) is 4.70. The van der Waals surface area contributed by atoms with Crippen molar-refractivity contribution < 1.29 is 14.0 Å². The zero-order valence-electron chi connectivity index (χ0n) is 11.7. The Hall–Kier alpha value is -1.91. The Morgan fingerprint density at radius 1 is 1.42 bits per heavy atom. The summed E-state index contributed by atoms with van der Waals surface area (Å²) >= 11 is 0. The van der Waals surface area contributed by atoms with Crippen LogP contribution in [0.1, 0.15) is 22.8 Å². The molecule has 0 heterocycles. The van der Waals surface area contributed by atoms with E-state index in [-0.39, 0.29) is 23.9 Å². The Bertz CT molecular complexity index is 488. The predicted molar refractivity (Wildman–Crippen MR) is 71.3 cm³/mol. The average Bonchev–Trinajstić information content (AvgIpc) is 2.39. The summed E-state index contributed by atoms with van der Waals surface area (Å²) < 4.78 is 13.8. The Morgan fingerprint density at radius 3 is 2.63 bits per heavy atom. The van der Waals surface area contributed by atoms with Crippen LogP contribution in [-0.4, -0.2) is 37.4 Å². The molecule has 1 atom stereocenters. The van der Waals surface area contributed by atoms with Crippen molar-refractivity contribution in [1.29, 1.82) is 0 Å². The van der Waals surface area contributed by atoms with Gasteiger partial charge in [0.2, 0.25) is 5.91 Å². The van der Waals surface area contributed by atoms with Crippen LogP contribution >= 0.6 is 0 Å². The number of halogens is 1. The zero-order chi connectivity index (χ0) is 14.6. The van der Waals surface area contributed by atoms with Crippen LogP contribution in [0.2, 0.25) is 0 Å². The molecule has 104 valence electrons. The number of nitrogens with one attached hydrogen (secondary N) is 1. The molecule has 1 rings (SSSR count). The van der Waals surface area contributed by atoms with Gasteiger partial charge in [-0.05, 0) is 18.6 Å². The third kappa shape index (κ3) is 3.53. The van der Waals surface area contributed by atoms with Gasteiger partial charge in [-0.25, -0.2) is 4.39 Å². The number of benzene rings is 1. The second kappa shape index (κ2) is 6.31. The molecule has 5 heteroatoms. The van der Waals surface area contributed by atoms with E-state index in [1.807, 2.05) is 0 Å². The Labute approximate surface area is 112 Å². The lowest BCUT2D eigenvalue weighted by Crippen LogP contribution is -2.37. The molecule has 1 aromatic carbocycles. The summed E-state index contributed by atoms with van der Waals surface area (Å²) in [6.45, 7) is 3.57. The molecular weight excluding hydrogens is 247 g/mol. The Balaban J connectivity index is 2.83. The molecule has 1 N–H and O–H groups in total. The molecule has 0 fully saturated rings. The summed E-state index contributed by atoms with van der Waals surface area (Å²) in [6.07, 6.45) is 0. The van der Waals surface area contributed by atoms with Crippen LogP contribution in [0.4, 0.5) is 4.39 Å². The minimum atomic E-state index is -0.507. The highest BCUT2D eigenvalue weighted by atomic mass is 19.1. The smallest absolute Gasteiger partial charge is 0.256 e. The summed E-state index contributed by atoms with van der Waals surface area (Å²) in [4.78, 5) is 24.9. The topological polar surface area (TPSA) is 49.4 Å². The number of carbonyl (C=O) groups excluding carboxylic acids is 2. The highest BCUT2D eigenvalue weighted by molar-refractivity contribution is 5.94. The molecule has 0 saturated heterocycles. The van der Waals surface area contributed by atoms with E-state index in [9.17, 15) is 14.0 Å². The molecule has 0 aromatic heterocycles. The van der Waals surface area contributed by atoms with Crippen molar-refractivity contribution in [2.45, 2.75) is 13.8 Å². The maximum atomic E-state index is 13.8. The van der Waals surface area contributed by atoms with Gasteiger partial charge >= 0.3 is 0 Å². The zero-order valence-corrected chi connectivity index (χ0v) is 11.7. The van der Waals surface area contributed by atoms with Crippen molar-refractivity contribution in [3.63, 3.8) is 0 Å². The first-order valence-electron chi connectivity index (χ1n) is 6.10. The minimum Gasteiger partial charge on any atom is -0.359 e. The molecule has 1 unspecified atom stereocenters. The molecule has 0 aliphatic rings. The van der Waals surface area contributed by atoms with Gasteiger partial charge in [0.05, 0.1) is 11.5 Å². The van der Waals surface area contributed by atoms with Crippen molar-refractivity contribution in [3.8, 4) is 0 Å². The van der Waals surface area contributed by atoms with Crippen LogP contribution in [0, 0.1) is 18.7 Å². The normalized spacial score (nSPS) is 11.8. The summed E-state index contributed by atoms with van der Waals surface area (Å²) in [5.74, 6) is -1.42. The molecular formula is C14H19FN2O2. The first-order valence-corrected chi connectivity index (χ1v) is 6.10. The number of carbonyl (C=O) groups is 2. The van der Waals surface area contributed by atoms with Crippen LogP contribution < -0.4 is 5.32 Å². The van der Waals surface area contributed by atoms with Gasteiger partial charge in [0.25, 0.3) is 5.91 Å². The molecule has 0 saturated carbocycles. The van der Waals surface area contributed by atoms with E-state index in [1.54, 1.807) is 40.1 Å². The van der Waals surface area contributed by atoms with Gasteiger partial charge in [0.15, 0.2) is 0 Å². The maximum absolute atomic E-state index is 13.8. The second-order valence-electron chi connectivity index (χ2n) is 4.64. The number of rotatable bonds is 4. The Morgan fingerprint density at radius 2 is 2.05 bits per heavy atom. The lowest BCUT2D eigenvalue weighted by molar-refractivity contribution is -0.124. The van der Waals surface area contributed by atoms with Gasteiger partial charge in [-0.1, -0.05) is 19.1 Å². The lowest BCUT2D eigenvalue weighted by Gasteiger charge is -2.21. The predicted octanol–water partition coefficient (Wildman–Crippen LogP) is 1.59. The van der Waals surface area contributed by atoms with Crippen LogP contribution in [0.15, 0.2) is 18.2 Å². The van der Waals surface area contributed by atoms with Gasteiger partial charge < -0.3 is 10.2 Å². The molecule has 0 spiro atoms. The number of hydrogen-bond acceptors (Lipinski definition) is 2. The SMILES string of the molecule is CNC(=O)C(C)CN(C)C(=O)c1cccc(C)c1F. The number of nitrogens with zero attached hydrogens (tertiary/aromatic N) is 1. The van der Waals surface area contributed by atoms with Crippen molar-refractivity contribution in [2.75, 3.05) is 20.6 Å². The van der Waals surface area contributed by atoms with Gasteiger partial charge in [-0.15, -0.1) is 0 Å². The molecule has 2 amide bonds. The molecule has 1 aromatic rings. The van der Waals surface area contributed by atoms with Gasteiger partial charge in [-0.3, -0.25) is 9.59 Å². The fourth-order valence-electron chi connectivity index (χ4n) is 1.84. The van der Waals surface area contributed by atoms with Gasteiger partial charge in [0, 0.05) is 20.6 Å². The Kier molecular flexibility index (Phi) is 5.03. The first-order chi connectivity index (χ1) is 8.88. The molecule has 4 nitrogen and oxygen atoms in total. The fourth-order valence-corrected chi connectivity index (χ4v) is 1.84. The van der Waals surface area contributed by atoms with Crippen molar-refractivity contribution >= 4 is 11.8 Å². The van der Waals surface area contributed by atoms with Crippen LogP contribution in [0.5, 0.6) is 0 Å². The van der Waals surface area contributed by atoms with Crippen LogP contribution in [0.3, 0.4) is 0 Å². The number of amides is 2. The van der Waals surface area contributed by atoms with Crippen molar-refractivity contribution in [1.82, 2.24) is 10.2 Å². The molecule has 0 bridgehead atoms. The van der Waals surface area contributed by atoms with E-state index < -0.39 is 11.7 Å². The highest BCUT2D eigenvalue weighted by Gasteiger charge is 2.21. The largest absolute Gasteiger partial charge is 0.359 e. The summed E-state index contributed by atoms with van der Waals surface area (Å²) in [5, 5.41) is 2.52. The van der Waals surface area contributed by atoms with Crippen LogP contribution in [-0.2, 0) is 4.79 Å². The lowest BCUT2D eigenvalue weighted by atomic mass is 10.1. The fraction of sp³-hybridized carbons (Fsp3) is 0.429. The molecule has 0 radical (unpaired) electrons. The quantitative estimate of drug-likeness (QED) is 0.899. The number of aryl methyl sites for hydroxylation is 1. The molecule has 0 aliphatic carbocycles. The standard InChI is InChI=1S/C14H19FN2O2/c1-9-6-5-7-11(12(9)15)14(19)17(4)8-10(2)13(18)16-3/h5-7,10H,8H2,1-4H3,(H,16,18). The second-order valence-corrected chi connectivity index (χ2v) is 4.64. The van der Waals surface area contributed by atoms with Gasteiger partial charge in [-0.2, -0.15) is 0 Å². The first kappa shape index (κ1) is 15.1. The number of hydrogen-bond donors (Lipinski definition) is 1. The third-order valence-electron chi connectivity index (χ3n) is 3.01.